The van der Waals surface area contributed by atoms with Crippen LogP contribution in [-0.4, -0.2) is 33.9 Å². The van der Waals surface area contributed by atoms with Crippen LogP contribution < -0.4 is 0 Å². The Hall–Kier alpha value is -0.225. The molecule has 0 fully saturated rings. The van der Waals surface area contributed by atoms with Crippen molar-refractivity contribution in [2.45, 2.75) is 12.7 Å². The van der Waals surface area contributed by atoms with Crippen molar-refractivity contribution < 1.29 is 22.4 Å². The highest BCUT2D eigenvalue weighted by atomic mass is 19.4. The van der Waals surface area contributed by atoms with Crippen LogP contribution in [0.1, 0.15) is 6.42 Å². The average Bonchev–Trinajstić information content (AvgIpc) is 1.94. The lowest BCUT2D eigenvalue weighted by molar-refractivity contribution is 0.0704. The highest BCUT2D eigenvalue weighted by molar-refractivity contribution is 6.58. The van der Waals surface area contributed by atoms with E-state index in [0.717, 1.165) is 0 Å². The molecule has 0 aromatic carbocycles. The van der Waals surface area contributed by atoms with Gasteiger partial charge in [-0.2, -0.15) is 0 Å². The van der Waals surface area contributed by atoms with E-state index in [-0.39, 0.29) is 13.0 Å². The van der Waals surface area contributed by atoms with Gasteiger partial charge in [-0.3, -0.25) is 0 Å². The quantitative estimate of drug-likeness (QED) is 0.445. The Bertz CT molecular complexity index is 107. The summed E-state index contributed by atoms with van der Waals surface area (Å²) in [5, 5.41) is 0. The summed E-state index contributed by atoms with van der Waals surface area (Å²) in [6.07, 6.45) is -0.666. The molecule has 0 rings (SSSR count). The van der Waals surface area contributed by atoms with E-state index in [1.54, 1.807) is 0 Å². The molecule has 0 aromatic rings. The maximum atomic E-state index is 11.6. The van der Waals surface area contributed by atoms with Crippen molar-refractivity contribution >= 4 is 6.98 Å². The van der Waals surface area contributed by atoms with Gasteiger partial charge in [-0.15, -0.1) is 0 Å². The third kappa shape index (κ3) is 9.77. The van der Waals surface area contributed by atoms with Gasteiger partial charge in [0, 0.05) is 13.7 Å². The lowest BCUT2D eigenvalue weighted by Gasteiger charge is -2.12. The number of halogens is 3. The van der Waals surface area contributed by atoms with Crippen LogP contribution in [0.2, 0.25) is 6.32 Å². The zero-order chi connectivity index (χ0) is 9.45. The van der Waals surface area contributed by atoms with Gasteiger partial charge in [-0.1, -0.05) is 12.7 Å². The number of rotatable bonds is 7. The Morgan fingerprint density at radius 3 is 2.25 bits per heavy atom. The van der Waals surface area contributed by atoms with Crippen molar-refractivity contribution in [1.82, 2.24) is 0 Å². The molecule has 0 aliphatic heterocycles. The van der Waals surface area contributed by atoms with E-state index in [1.807, 2.05) is 0 Å². The van der Waals surface area contributed by atoms with Gasteiger partial charge in [0.2, 0.25) is 0 Å². The van der Waals surface area contributed by atoms with Crippen LogP contribution in [0.5, 0.6) is 0 Å². The summed E-state index contributed by atoms with van der Waals surface area (Å²) in [5.41, 5.74) is 0. The Morgan fingerprint density at radius 1 is 1.08 bits per heavy atom. The van der Waals surface area contributed by atoms with Gasteiger partial charge in [-0.05, 0) is 0 Å². The van der Waals surface area contributed by atoms with Crippen LogP contribution >= 0.6 is 0 Å². The maximum absolute atomic E-state index is 11.6. The fourth-order valence-electron chi connectivity index (χ4n) is 0.661. The summed E-state index contributed by atoms with van der Waals surface area (Å²) < 4.78 is 44.3. The molecule has 0 radical (unpaired) electrons. The van der Waals surface area contributed by atoms with E-state index in [0.29, 0.717) is 13.2 Å². The van der Waals surface area contributed by atoms with Crippen LogP contribution in [0.15, 0.2) is 0 Å². The molecule has 12 heavy (non-hydrogen) atoms. The molecular formula is C6H13BF3O2-. The van der Waals surface area contributed by atoms with Gasteiger partial charge in [0.1, 0.15) is 0 Å². The molecule has 0 bridgehead atoms. The summed E-state index contributed by atoms with van der Waals surface area (Å²) in [4.78, 5) is 0. The second-order valence-electron chi connectivity index (χ2n) is 2.46. The second kappa shape index (κ2) is 6.31. The molecule has 0 saturated carbocycles. The predicted octanol–water partition coefficient (Wildman–Crippen LogP) is 1.89. The maximum Gasteiger partial charge on any atom is 0.478 e. The van der Waals surface area contributed by atoms with Crippen molar-refractivity contribution in [3.05, 3.63) is 0 Å². The highest BCUT2D eigenvalue weighted by Crippen LogP contribution is 2.16. The van der Waals surface area contributed by atoms with Gasteiger partial charge in [0.15, 0.2) is 0 Å². The van der Waals surface area contributed by atoms with Gasteiger partial charge < -0.3 is 22.4 Å². The second-order valence-corrected chi connectivity index (χ2v) is 2.46. The number of methoxy groups -OCH3 is 1. The van der Waals surface area contributed by atoms with E-state index < -0.39 is 13.3 Å². The molecule has 6 heteroatoms. The Labute approximate surface area is 70.1 Å². The van der Waals surface area contributed by atoms with Crippen molar-refractivity contribution in [3.63, 3.8) is 0 Å². The fraction of sp³-hybridized carbons (Fsp3) is 1.00. The van der Waals surface area contributed by atoms with Crippen molar-refractivity contribution in [1.29, 1.82) is 0 Å². The number of hydrogen-bond donors (Lipinski definition) is 0. The molecule has 0 amide bonds. The van der Waals surface area contributed by atoms with E-state index in [9.17, 15) is 12.9 Å². The number of hydrogen-bond acceptors (Lipinski definition) is 2. The first-order valence-corrected chi connectivity index (χ1v) is 3.84. The lowest BCUT2D eigenvalue weighted by atomic mass is 9.85. The Morgan fingerprint density at radius 2 is 1.75 bits per heavy atom. The molecule has 0 atom stereocenters. The minimum absolute atomic E-state index is 0.0488. The standard InChI is InChI=1S/C6H13BF3O2/c1-11-5-6-12-4-2-3-7(8,9)10/h2-6H2,1H3/q-1. The van der Waals surface area contributed by atoms with Crippen LogP contribution in [0.4, 0.5) is 12.9 Å². The van der Waals surface area contributed by atoms with Crippen LogP contribution in [0.25, 0.3) is 0 Å². The Kier molecular flexibility index (Phi) is 6.19. The molecule has 74 valence electrons. The molecule has 2 nitrogen and oxygen atoms in total. The smallest absolute Gasteiger partial charge is 0.449 e. The van der Waals surface area contributed by atoms with E-state index in [4.69, 9.17) is 4.74 Å². The van der Waals surface area contributed by atoms with Crippen molar-refractivity contribution in [3.8, 4) is 0 Å². The number of ether oxygens (including phenoxy) is 2. The SMILES string of the molecule is COCCOCCC[B-](F)(F)F. The zero-order valence-corrected chi connectivity index (χ0v) is 7.06. The third-order valence-electron chi connectivity index (χ3n) is 1.25. The molecule has 0 unspecified atom stereocenters. The van der Waals surface area contributed by atoms with Crippen LogP contribution in [0, 0.1) is 0 Å². The first-order valence-electron chi connectivity index (χ1n) is 3.84. The lowest BCUT2D eigenvalue weighted by Crippen LogP contribution is -2.15. The molecule has 0 N–H and O–H groups in total. The zero-order valence-electron chi connectivity index (χ0n) is 7.06. The average molecular weight is 185 g/mol. The molecule has 0 heterocycles. The van der Waals surface area contributed by atoms with Crippen LogP contribution in [0.3, 0.4) is 0 Å². The van der Waals surface area contributed by atoms with Crippen molar-refractivity contribution in [2.75, 3.05) is 26.9 Å². The molecule has 0 aliphatic rings. The van der Waals surface area contributed by atoms with Gasteiger partial charge >= 0.3 is 6.98 Å². The minimum atomic E-state index is -4.64. The minimum Gasteiger partial charge on any atom is -0.449 e. The van der Waals surface area contributed by atoms with Crippen molar-refractivity contribution in [2.24, 2.45) is 0 Å². The van der Waals surface area contributed by atoms with E-state index >= 15 is 0 Å². The summed E-state index contributed by atoms with van der Waals surface area (Å²) >= 11 is 0. The molecular weight excluding hydrogens is 172 g/mol. The molecule has 0 aromatic heterocycles. The fourth-order valence-corrected chi connectivity index (χ4v) is 0.661. The van der Waals surface area contributed by atoms with Gasteiger partial charge in [-0.25, -0.2) is 0 Å². The highest BCUT2D eigenvalue weighted by Gasteiger charge is 2.21. The summed E-state index contributed by atoms with van der Waals surface area (Å²) in [6.45, 7) is -3.69. The molecule has 0 aliphatic carbocycles. The molecule has 0 saturated heterocycles. The topological polar surface area (TPSA) is 18.5 Å². The van der Waals surface area contributed by atoms with Gasteiger partial charge in [0.25, 0.3) is 0 Å². The normalized spacial score (nSPS) is 12.0. The summed E-state index contributed by atoms with van der Waals surface area (Å²) in [7, 11) is 1.52. The van der Waals surface area contributed by atoms with E-state index in [2.05, 4.69) is 4.74 Å². The third-order valence-corrected chi connectivity index (χ3v) is 1.25. The Balaban J connectivity index is 3.01. The van der Waals surface area contributed by atoms with E-state index in [1.165, 1.54) is 7.11 Å². The monoisotopic (exact) mass is 185 g/mol. The summed E-state index contributed by atoms with van der Waals surface area (Å²) in [5.74, 6) is 0. The molecule has 0 spiro atoms. The predicted molar refractivity (Wildman–Crippen MR) is 41.2 cm³/mol. The largest absolute Gasteiger partial charge is 0.478 e. The first kappa shape index (κ1) is 11.8. The first-order chi connectivity index (χ1) is 5.56. The van der Waals surface area contributed by atoms with Crippen LogP contribution in [-0.2, 0) is 9.47 Å². The van der Waals surface area contributed by atoms with Gasteiger partial charge in [0.05, 0.1) is 13.2 Å². The summed E-state index contributed by atoms with van der Waals surface area (Å²) in [6, 6.07) is 0.